The second kappa shape index (κ2) is 3.84. The minimum atomic E-state index is -4.42. The molecular formula is C10H9F3O. The van der Waals surface area contributed by atoms with Gasteiger partial charge in [0.1, 0.15) is 0 Å². The lowest BCUT2D eigenvalue weighted by Crippen LogP contribution is -2.09. The number of alkyl halides is 3. The minimum Gasteiger partial charge on any atom is -0.392 e. The van der Waals surface area contributed by atoms with Gasteiger partial charge in [0.05, 0.1) is 12.2 Å². The maximum Gasteiger partial charge on any atom is 0.416 e. The van der Waals surface area contributed by atoms with Crippen LogP contribution in [0.15, 0.2) is 30.8 Å². The molecule has 0 aliphatic heterocycles. The van der Waals surface area contributed by atoms with Gasteiger partial charge in [-0.25, -0.2) is 0 Å². The van der Waals surface area contributed by atoms with E-state index in [1.165, 1.54) is 18.2 Å². The van der Waals surface area contributed by atoms with Crippen molar-refractivity contribution < 1.29 is 18.3 Å². The smallest absolute Gasteiger partial charge is 0.392 e. The summed E-state index contributed by atoms with van der Waals surface area (Å²) in [6.07, 6.45) is -4.42. The third-order valence-corrected chi connectivity index (χ3v) is 1.80. The number of aliphatic hydroxyl groups is 1. The van der Waals surface area contributed by atoms with Crippen molar-refractivity contribution in [1.29, 1.82) is 0 Å². The van der Waals surface area contributed by atoms with Crippen molar-refractivity contribution in [3.8, 4) is 0 Å². The lowest BCUT2D eigenvalue weighted by molar-refractivity contribution is -0.0686. The Labute approximate surface area is 79.5 Å². The third kappa shape index (κ3) is 2.35. The Morgan fingerprint density at radius 2 is 2.00 bits per heavy atom. The Hall–Kier alpha value is -1.29. The summed E-state index contributed by atoms with van der Waals surface area (Å²) in [6.45, 7) is 2.69. The molecule has 76 valence electrons. The monoisotopic (exact) mass is 202 g/mol. The summed E-state index contributed by atoms with van der Waals surface area (Å²) in [5, 5.41) is 8.74. The SMILES string of the molecule is C=C(c1cccc(CO)c1)C(F)(F)F. The largest absolute Gasteiger partial charge is 0.416 e. The highest BCUT2D eigenvalue weighted by Gasteiger charge is 2.32. The zero-order valence-corrected chi connectivity index (χ0v) is 7.30. The summed E-state index contributed by atoms with van der Waals surface area (Å²) in [6, 6.07) is 5.59. The van der Waals surface area contributed by atoms with Crippen LogP contribution in [-0.4, -0.2) is 11.3 Å². The van der Waals surface area contributed by atoms with E-state index in [0.29, 0.717) is 5.56 Å². The lowest BCUT2D eigenvalue weighted by Gasteiger charge is -2.10. The van der Waals surface area contributed by atoms with Gasteiger partial charge in [0.2, 0.25) is 0 Å². The predicted molar refractivity (Wildman–Crippen MR) is 47.5 cm³/mol. The van der Waals surface area contributed by atoms with Crippen LogP contribution in [0.5, 0.6) is 0 Å². The zero-order chi connectivity index (χ0) is 10.8. The quantitative estimate of drug-likeness (QED) is 0.781. The van der Waals surface area contributed by atoms with Gasteiger partial charge in [0.15, 0.2) is 0 Å². The normalized spacial score (nSPS) is 11.4. The highest BCUT2D eigenvalue weighted by Crippen LogP contribution is 2.32. The summed E-state index contributed by atoms with van der Waals surface area (Å²) < 4.78 is 36.6. The molecule has 0 heterocycles. The van der Waals surface area contributed by atoms with Gasteiger partial charge in [-0.3, -0.25) is 0 Å². The second-order valence-corrected chi connectivity index (χ2v) is 2.83. The van der Waals surface area contributed by atoms with Crippen LogP contribution >= 0.6 is 0 Å². The molecule has 0 aromatic heterocycles. The van der Waals surface area contributed by atoms with Crippen LogP contribution in [-0.2, 0) is 6.61 Å². The molecule has 0 radical (unpaired) electrons. The van der Waals surface area contributed by atoms with E-state index in [1.807, 2.05) is 0 Å². The van der Waals surface area contributed by atoms with Crippen LogP contribution in [0.25, 0.3) is 5.57 Å². The molecule has 1 N–H and O–H groups in total. The fourth-order valence-electron chi connectivity index (χ4n) is 1.02. The van der Waals surface area contributed by atoms with E-state index >= 15 is 0 Å². The standard InChI is InChI=1S/C10H9F3O/c1-7(10(11,12)13)9-4-2-3-8(5-9)6-14/h2-5,14H,1,6H2. The molecule has 0 atom stereocenters. The second-order valence-electron chi connectivity index (χ2n) is 2.83. The van der Waals surface area contributed by atoms with Gasteiger partial charge in [-0.2, -0.15) is 13.2 Å². The molecule has 0 spiro atoms. The molecule has 1 aromatic rings. The topological polar surface area (TPSA) is 20.2 Å². The molecule has 0 saturated carbocycles. The molecule has 1 aromatic carbocycles. The fourth-order valence-corrected chi connectivity index (χ4v) is 1.02. The predicted octanol–water partition coefficient (Wildman–Crippen LogP) is 2.75. The van der Waals surface area contributed by atoms with Gasteiger partial charge >= 0.3 is 6.18 Å². The van der Waals surface area contributed by atoms with Crippen LogP contribution in [0.1, 0.15) is 11.1 Å². The number of aliphatic hydroxyl groups excluding tert-OH is 1. The Morgan fingerprint density at radius 3 is 2.50 bits per heavy atom. The maximum absolute atomic E-state index is 12.2. The highest BCUT2D eigenvalue weighted by atomic mass is 19.4. The molecule has 0 amide bonds. The Morgan fingerprint density at radius 1 is 1.36 bits per heavy atom. The average Bonchev–Trinajstić information content (AvgIpc) is 2.15. The van der Waals surface area contributed by atoms with Crippen molar-refractivity contribution in [2.45, 2.75) is 12.8 Å². The van der Waals surface area contributed by atoms with E-state index < -0.39 is 11.7 Å². The van der Waals surface area contributed by atoms with Crippen molar-refractivity contribution in [2.24, 2.45) is 0 Å². The molecule has 0 aliphatic rings. The summed E-state index contributed by atoms with van der Waals surface area (Å²) in [7, 11) is 0. The van der Waals surface area contributed by atoms with Crippen LogP contribution in [0.4, 0.5) is 13.2 Å². The van der Waals surface area contributed by atoms with Gasteiger partial charge in [0.25, 0.3) is 0 Å². The minimum absolute atomic E-state index is 0.0101. The van der Waals surface area contributed by atoms with Crippen LogP contribution in [0.3, 0.4) is 0 Å². The Bertz CT molecular complexity index is 341. The molecule has 14 heavy (non-hydrogen) atoms. The summed E-state index contributed by atoms with van der Waals surface area (Å²) in [5.74, 6) is 0. The van der Waals surface area contributed by atoms with Gasteiger partial charge < -0.3 is 5.11 Å². The number of allylic oxidation sites excluding steroid dienone is 1. The lowest BCUT2D eigenvalue weighted by atomic mass is 10.0. The molecule has 0 bridgehead atoms. The van der Waals surface area contributed by atoms with Crippen molar-refractivity contribution in [1.82, 2.24) is 0 Å². The van der Waals surface area contributed by atoms with Crippen LogP contribution < -0.4 is 0 Å². The van der Waals surface area contributed by atoms with Crippen molar-refractivity contribution >= 4 is 5.57 Å². The molecule has 0 fully saturated rings. The Balaban J connectivity index is 3.02. The molecule has 0 saturated heterocycles. The average molecular weight is 202 g/mol. The molecule has 0 unspecified atom stereocenters. The number of hydrogen-bond donors (Lipinski definition) is 1. The van der Waals surface area contributed by atoms with E-state index in [-0.39, 0.29) is 12.2 Å². The van der Waals surface area contributed by atoms with Gasteiger partial charge in [-0.15, -0.1) is 0 Å². The first kappa shape index (κ1) is 10.8. The molecule has 1 nitrogen and oxygen atoms in total. The number of benzene rings is 1. The van der Waals surface area contributed by atoms with Crippen molar-refractivity contribution in [3.63, 3.8) is 0 Å². The van der Waals surface area contributed by atoms with E-state index in [1.54, 1.807) is 6.07 Å². The Kier molecular flexibility index (Phi) is 2.96. The van der Waals surface area contributed by atoms with E-state index in [2.05, 4.69) is 6.58 Å². The number of halogens is 3. The van der Waals surface area contributed by atoms with Gasteiger partial charge in [-0.1, -0.05) is 24.8 Å². The highest BCUT2D eigenvalue weighted by molar-refractivity contribution is 5.67. The van der Waals surface area contributed by atoms with Crippen molar-refractivity contribution in [2.75, 3.05) is 0 Å². The first-order valence-electron chi connectivity index (χ1n) is 3.91. The van der Waals surface area contributed by atoms with Crippen LogP contribution in [0.2, 0.25) is 0 Å². The molecular weight excluding hydrogens is 193 g/mol. The number of hydrogen-bond acceptors (Lipinski definition) is 1. The van der Waals surface area contributed by atoms with E-state index in [9.17, 15) is 13.2 Å². The van der Waals surface area contributed by atoms with Crippen molar-refractivity contribution in [3.05, 3.63) is 42.0 Å². The maximum atomic E-state index is 12.2. The summed E-state index contributed by atoms with van der Waals surface area (Å²) in [4.78, 5) is 0. The fraction of sp³-hybridized carbons (Fsp3) is 0.200. The first-order valence-corrected chi connectivity index (χ1v) is 3.91. The van der Waals surface area contributed by atoms with E-state index in [4.69, 9.17) is 5.11 Å². The van der Waals surface area contributed by atoms with Gasteiger partial charge in [0, 0.05) is 0 Å². The molecule has 0 aliphatic carbocycles. The zero-order valence-electron chi connectivity index (χ0n) is 7.30. The molecule has 4 heteroatoms. The summed E-state index contributed by atoms with van der Waals surface area (Å²) in [5.41, 5.74) is -0.468. The van der Waals surface area contributed by atoms with Crippen LogP contribution in [0, 0.1) is 0 Å². The molecule has 1 rings (SSSR count). The summed E-state index contributed by atoms with van der Waals surface area (Å²) >= 11 is 0. The third-order valence-electron chi connectivity index (χ3n) is 1.80. The first-order chi connectivity index (χ1) is 6.45. The van der Waals surface area contributed by atoms with Gasteiger partial charge in [-0.05, 0) is 17.2 Å². The van der Waals surface area contributed by atoms with E-state index in [0.717, 1.165) is 0 Å². The number of rotatable bonds is 2.